The van der Waals surface area contributed by atoms with Crippen LogP contribution in [0.15, 0.2) is 81.3 Å². The summed E-state index contributed by atoms with van der Waals surface area (Å²) in [4.78, 5) is 29.6. The number of nitrogens with one attached hydrogen (secondary N) is 2. The van der Waals surface area contributed by atoms with Crippen molar-refractivity contribution >= 4 is 45.2 Å². The molecule has 0 saturated heterocycles. The molecule has 2 aromatic carbocycles. The number of aromatic nitrogens is 1. The van der Waals surface area contributed by atoms with Crippen LogP contribution >= 0.6 is 27.7 Å². The van der Waals surface area contributed by atoms with E-state index in [1.165, 1.54) is 18.7 Å². The van der Waals surface area contributed by atoms with E-state index in [-0.39, 0.29) is 17.9 Å². The van der Waals surface area contributed by atoms with Crippen LogP contribution in [0.4, 0.5) is 5.69 Å². The lowest BCUT2D eigenvalue weighted by Crippen LogP contribution is -2.27. The van der Waals surface area contributed by atoms with Crippen molar-refractivity contribution < 1.29 is 9.59 Å². The Hall–Kier alpha value is -2.64. The quantitative estimate of drug-likeness (QED) is 0.503. The van der Waals surface area contributed by atoms with Gasteiger partial charge in [0.1, 0.15) is 5.03 Å². The van der Waals surface area contributed by atoms with Gasteiger partial charge in [-0.2, -0.15) is 0 Å². The first-order chi connectivity index (χ1) is 13.9. The second kappa shape index (κ2) is 9.71. The molecule has 29 heavy (non-hydrogen) atoms. The predicted molar refractivity (Wildman–Crippen MR) is 119 cm³/mol. The van der Waals surface area contributed by atoms with Crippen LogP contribution in [0.2, 0.25) is 0 Å². The van der Waals surface area contributed by atoms with Crippen LogP contribution in [0.3, 0.4) is 0 Å². The molecular formula is C22H20BrN3O2S. The Morgan fingerprint density at radius 1 is 1.07 bits per heavy atom. The van der Waals surface area contributed by atoms with Crippen LogP contribution in [-0.2, 0) is 4.79 Å². The predicted octanol–water partition coefficient (Wildman–Crippen LogP) is 5.44. The van der Waals surface area contributed by atoms with E-state index in [4.69, 9.17) is 0 Å². The highest BCUT2D eigenvalue weighted by atomic mass is 79.9. The van der Waals surface area contributed by atoms with Gasteiger partial charge in [-0.1, -0.05) is 39.8 Å². The highest BCUT2D eigenvalue weighted by Crippen LogP contribution is 2.30. The SMILES string of the molecule is CC(=O)Nc1cccc(C(C)NC(=O)c2cccnc2Sc2ccc(Br)cc2)c1. The molecule has 3 aromatic rings. The maximum absolute atomic E-state index is 12.9. The summed E-state index contributed by atoms with van der Waals surface area (Å²) in [6.07, 6.45) is 1.68. The average Bonchev–Trinajstić information content (AvgIpc) is 2.70. The van der Waals surface area contributed by atoms with Gasteiger partial charge in [0.15, 0.2) is 0 Å². The van der Waals surface area contributed by atoms with Gasteiger partial charge in [-0.15, -0.1) is 0 Å². The number of hydrogen-bond donors (Lipinski definition) is 2. The third-order valence-electron chi connectivity index (χ3n) is 4.10. The van der Waals surface area contributed by atoms with Crippen molar-refractivity contribution in [1.29, 1.82) is 0 Å². The van der Waals surface area contributed by atoms with Crippen LogP contribution in [0, 0.1) is 0 Å². The van der Waals surface area contributed by atoms with Crippen molar-refractivity contribution in [2.24, 2.45) is 0 Å². The molecular weight excluding hydrogens is 450 g/mol. The Morgan fingerprint density at radius 2 is 1.83 bits per heavy atom. The Bertz CT molecular complexity index is 1020. The molecule has 0 aliphatic rings. The normalized spacial score (nSPS) is 11.6. The van der Waals surface area contributed by atoms with Crippen molar-refractivity contribution in [3.8, 4) is 0 Å². The van der Waals surface area contributed by atoms with E-state index in [0.29, 0.717) is 16.3 Å². The third-order valence-corrected chi connectivity index (χ3v) is 5.65. The van der Waals surface area contributed by atoms with Crippen molar-refractivity contribution in [1.82, 2.24) is 10.3 Å². The van der Waals surface area contributed by atoms with Crippen LogP contribution in [0.1, 0.15) is 35.8 Å². The first-order valence-corrected chi connectivity index (χ1v) is 10.6. The van der Waals surface area contributed by atoms with Crippen LogP contribution in [0.25, 0.3) is 0 Å². The van der Waals surface area contributed by atoms with Crippen LogP contribution < -0.4 is 10.6 Å². The topological polar surface area (TPSA) is 71.1 Å². The number of nitrogens with zero attached hydrogens (tertiary/aromatic N) is 1. The summed E-state index contributed by atoms with van der Waals surface area (Å²) in [5.41, 5.74) is 2.12. The van der Waals surface area contributed by atoms with Gasteiger partial charge in [0.05, 0.1) is 11.6 Å². The lowest BCUT2D eigenvalue weighted by molar-refractivity contribution is -0.114. The Kier molecular flexibility index (Phi) is 7.06. The molecule has 1 heterocycles. The minimum atomic E-state index is -0.234. The monoisotopic (exact) mass is 469 g/mol. The van der Waals surface area contributed by atoms with E-state index in [1.54, 1.807) is 18.3 Å². The van der Waals surface area contributed by atoms with Gasteiger partial charge in [-0.05, 0) is 61.0 Å². The molecule has 0 saturated carbocycles. The zero-order valence-electron chi connectivity index (χ0n) is 16.0. The van der Waals surface area contributed by atoms with E-state index >= 15 is 0 Å². The fraction of sp³-hybridized carbons (Fsp3) is 0.136. The van der Waals surface area contributed by atoms with E-state index in [2.05, 4.69) is 31.5 Å². The molecule has 7 heteroatoms. The minimum absolute atomic E-state index is 0.135. The van der Waals surface area contributed by atoms with Gasteiger partial charge in [0.2, 0.25) is 5.91 Å². The van der Waals surface area contributed by atoms with Crippen LogP contribution in [-0.4, -0.2) is 16.8 Å². The molecule has 2 amide bonds. The summed E-state index contributed by atoms with van der Waals surface area (Å²) in [5.74, 6) is -0.334. The van der Waals surface area contributed by atoms with E-state index in [0.717, 1.165) is 14.9 Å². The number of hydrogen-bond acceptors (Lipinski definition) is 4. The molecule has 148 valence electrons. The highest BCUT2D eigenvalue weighted by molar-refractivity contribution is 9.10. The second-order valence-corrected chi connectivity index (χ2v) is 8.39. The van der Waals surface area contributed by atoms with Gasteiger partial charge in [-0.25, -0.2) is 4.98 Å². The number of amides is 2. The number of rotatable bonds is 6. The fourth-order valence-electron chi connectivity index (χ4n) is 2.71. The molecule has 2 N–H and O–H groups in total. The lowest BCUT2D eigenvalue weighted by Gasteiger charge is -2.16. The molecule has 3 rings (SSSR count). The summed E-state index contributed by atoms with van der Waals surface area (Å²) in [6.45, 7) is 3.37. The van der Waals surface area contributed by atoms with Gasteiger partial charge < -0.3 is 10.6 Å². The number of anilines is 1. The zero-order valence-corrected chi connectivity index (χ0v) is 18.4. The molecule has 0 spiro atoms. The first-order valence-electron chi connectivity index (χ1n) is 8.99. The Balaban J connectivity index is 1.75. The minimum Gasteiger partial charge on any atom is -0.345 e. The van der Waals surface area contributed by atoms with Gasteiger partial charge in [-0.3, -0.25) is 9.59 Å². The van der Waals surface area contributed by atoms with E-state index in [9.17, 15) is 9.59 Å². The van der Waals surface area contributed by atoms with Crippen molar-refractivity contribution in [3.05, 3.63) is 82.5 Å². The fourth-order valence-corrected chi connectivity index (χ4v) is 3.85. The summed E-state index contributed by atoms with van der Waals surface area (Å²) in [5, 5.41) is 6.42. The second-order valence-electron chi connectivity index (χ2n) is 6.41. The molecule has 5 nitrogen and oxygen atoms in total. The highest BCUT2D eigenvalue weighted by Gasteiger charge is 2.17. The van der Waals surface area contributed by atoms with Crippen LogP contribution in [0.5, 0.6) is 0 Å². The van der Waals surface area contributed by atoms with Gasteiger partial charge in [0, 0.05) is 28.2 Å². The summed E-state index contributed by atoms with van der Waals surface area (Å²) in [7, 11) is 0. The largest absolute Gasteiger partial charge is 0.345 e. The number of carbonyl (C=O) groups excluding carboxylic acids is 2. The molecule has 0 radical (unpaired) electrons. The maximum Gasteiger partial charge on any atom is 0.254 e. The molecule has 1 unspecified atom stereocenters. The summed E-state index contributed by atoms with van der Waals surface area (Å²) in [6, 6.07) is 18.6. The number of halogens is 1. The number of pyridine rings is 1. The first kappa shape index (κ1) is 21.1. The maximum atomic E-state index is 12.9. The molecule has 1 atom stereocenters. The average molecular weight is 470 g/mol. The number of benzene rings is 2. The zero-order chi connectivity index (χ0) is 20.8. The number of carbonyl (C=O) groups is 2. The van der Waals surface area contributed by atoms with Crippen molar-refractivity contribution in [3.63, 3.8) is 0 Å². The van der Waals surface area contributed by atoms with E-state index in [1.807, 2.05) is 55.5 Å². The smallest absolute Gasteiger partial charge is 0.254 e. The molecule has 1 aromatic heterocycles. The van der Waals surface area contributed by atoms with Crippen molar-refractivity contribution in [2.45, 2.75) is 29.8 Å². The van der Waals surface area contributed by atoms with Crippen molar-refractivity contribution in [2.75, 3.05) is 5.32 Å². The Morgan fingerprint density at radius 3 is 2.55 bits per heavy atom. The van der Waals surface area contributed by atoms with E-state index < -0.39 is 0 Å². The summed E-state index contributed by atoms with van der Waals surface area (Å²) < 4.78 is 0.996. The van der Waals surface area contributed by atoms with Gasteiger partial charge in [0.25, 0.3) is 5.91 Å². The molecule has 0 fully saturated rings. The third kappa shape index (κ3) is 5.92. The molecule has 0 aliphatic carbocycles. The lowest BCUT2D eigenvalue weighted by atomic mass is 10.1. The van der Waals surface area contributed by atoms with Gasteiger partial charge >= 0.3 is 0 Å². The molecule has 0 aliphatic heterocycles. The standard InChI is InChI=1S/C22H20BrN3O2S/c1-14(16-5-3-6-18(13-16)26-15(2)27)25-21(28)20-7-4-12-24-22(20)29-19-10-8-17(23)9-11-19/h3-14H,1-2H3,(H,25,28)(H,26,27). The molecule has 0 bridgehead atoms. The summed E-state index contributed by atoms with van der Waals surface area (Å²) >= 11 is 4.87. The Labute approximate surface area is 182 Å².